The van der Waals surface area contributed by atoms with Gasteiger partial charge in [0.2, 0.25) is 0 Å². The van der Waals surface area contributed by atoms with Crippen LogP contribution in [0.2, 0.25) is 0 Å². The summed E-state index contributed by atoms with van der Waals surface area (Å²) in [4.78, 5) is 26.4. The van der Waals surface area contributed by atoms with Crippen molar-refractivity contribution in [1.29, 1.82) is 0 Å². The van der Waals surface area contributed by atoms with E-state index in [2.05, 4.69) is 10.6 Å². The second kappa shape index (κ2) is 10.0. The maximum Gasteiger partial charge on any atom is 0.416 e. The lowest BCUT2D eigenvalue weighted by molar-refractivity contribution is -0.143. The summed E-state index contributed by atoms with van der Waals surface area (Å²) < 4.78 is 78.0. The van der Waals surface area contributed by atoms with E-state index in [1.165, 1.54) is 12.1 Å². The first kappa shape index (κ1) is 25.8. The van der Waals surface area contributed by atoms with Gasteiger partial charge in [-0.3, -0.25) is 4.79 Å². The molecule has 0 fully saturated rings. The van der Waals surface area contributed by atoms with E-state index in [1.807, 2.05) is 12.2 Å². The Morgan fingerprint density at radius 3 is 1.88 bits per heavy atom. The smallest absolute Gasteiger partial charge is 0.377 e. The molecule has 2 rings (SSSR count). The van der Waals surface area contributed by atoms with Crippen LogP contribution in [-0.2, 0) is 12.4 Å². The maximum absolute atomic E-state index is 13.0. The van der Waals surface area contributed by atoms with Crippen molar-refractivity contribution in [2.24, 2.45) is 0 Å². The molecule has 0 unspecified atom stereocenters. The van der Waals surface area contributed by atoms with Crippen LogP contribution in [-0.4, -0.2) is 32.6 Å². The van der Waals surface area contributed by atoms with Gasteiger partial charge in [-0.05, 0) is 42.8 Å². The number of urea groups is 1. The second-order valence-corrected chi connectivity index (χ2v) is 7.26. The van der Waals surface area contributed by atoms with Crippen LogP contribution in [0.1, 0.15) is 34.8 Å². The predicted molar refractivity (Wildman–Crippen MR) is 112 cm³/mol. The third-order valence-corrected chi connectivity index (χ3v) is 4.36. The number of nitrogens with one attached hydrogen (secondary N) is 3. The number of carbonyl (C=O) groups excluding carboxylic acids is 2. The van der Waals surface area contributed by atoms with Gasteiger partial charge < -0.3 is 20.9 Å². The number of rotatable bonds is 6. The first-order chi connectivity index (χ1) is 15.2. The van der Waals surface area contributed by atoms with E-state index in [4.69, 9.17) is 0 Å². The lowest BCUT2D eigenvalue weighted by atomic mass is 10.1. The molecule has 3 amide bonds. The highest BCUT2D eigenvalue weighted by Gasteiger charge is 2.37. The van der Waals surface area contributed by atoms with E-state index in [0.29, 0.717) is 30.8 Å². The summed E-state index contributed by atoms with van der Waals surface area (Å²) in [6.45, 7) is 2.29. The summed E-state index contributed by atoms with van der Waals surface area (Å²) >= 11 is 0. The van der Waals surface area contributed by atoms with Crippen molar-refractivity contribution in [3.63, 3.8) is 0 Å². The van der Waals surface area contributed by atoms with Crippen LogP contribution < -0.4 is 20.9 Å². The Kier molecular flexibility index (Phi) is 7.83. The molecule has 0 bridgehead atoms. The van der Waals surface area contributed by atoms with Crippen molar-refractivity contribution in [2.45, 2.75) is 25.7 Å². The van der Waals surface area contributed by atoms with Gasteiger partial charge in [-0.1, -0.05) is 6.92 Å². The van der Waals surface area contributed by atoms with Gasteiger partial charge in [-0.2, -0.15) is 26.3 Å². The molecule has 0 saturated heterocycles. The number of benzene rings is 2. The number of anilines is 3. The molecule has 0 heterocycles. The van der Waals surface area contributed by atoms with Gasteiger partial charge in [-0.15, -0.1) is 0 Å². The first-order valence-corrected chi connectivity index (χ1v) is 9.69. The topological polar surface area (TPSA) is 73.5 Å². The standard InChI is InChI=1S/C21H22F6N4O2/c1-4-7-28-18(32)16-11-14(5-6-17(16)31(2)3)29-19(33)30-15-9-12(20(22,23)24)8-13(10-15)21(25,26)27/h5-6,8-11H,4,7H2,1-3H3,(H,28,32)(H2,29,30,33). The lowest BCUT2D eigenvalue weighted by Gasteiger charge is -2.19. The lowest BCUT2D eigenvalue weighted by Crippen LogP contribution is -2.27. The fourth-order valence-corrected chi connectivity index (χ4v) is 2.84. The molecule has 12 heteroatoms. The minimum absolute atomic E-state index is 0.0375. The molecule has 0 aliphatic heterocycles. The zero-order chi connectivity index (χ0) is 25.0. The molecular formula is C21H22F6N4O2. The average molecular weight is 476 g/mol. The molecule has 2 aromatic rings. The SMILES string of the molecule is CCCNC(=O)c1cc(NC(=O)Nc2cc(C(F)(F)F)cc(C(F)(F)F)c2)ccc1N(C)C. The Bertz CT molecular complexity index is 987. The van der Waals surface area contributed by atoms with Crippen molar-refractivity contribution in [2.75, 3.05) is 36.2 Å². The monoisotopic (exact) mass is 476 g/mol. The van der Waals surface area contributed by atoms with E-state index in [9.17, 15) is 35.9 Å². The molecule has 6 nitrogen and oxygen atoms in total. The van der Waals surface area contributed by atoms with Gasteiger partial charge in [-0.25, -0.2) is 4.79 Å². The van der Waals surface area contributed by atoms with E-state index in [0.717, 1.165) is 0 Å². The van der Waals surface area contributed by atoms with E-state index < -0.39 is 41.1 Å². The molecule has 0 saturated carbocycles. The zero-order valence-electron chi connectivity index (χ0n) is 17.9. The minimum Gasteiger partial charge on any atom is -0.377 e. The number of carbonyl (C=O) groups is 2. The third kappa shape index (κ3) is 7.02. The Labute approximate surface area is 185 Å². The van der Waals surface area contributed by atoms with Crippen LogP contribution in [0.15, 0.2) is 36.4 Å². The predicted octanol–water partition coefficient (Wildman–Crippen LogP) is 5.57. The molecule has 180 valence electrons. The normalized spacial score (nSPS) is 11.7. The van der Waals surface area contributed by atoms with Gasteiger partial charge in [0.1, 0.15) is 0 Å². The summed E-state index contributed by atoms with van der Waals surface area (Å²) in [5, 5.41) is 6.99. The molecule has 33 heavy (non-hydrogen) atoms. The van der Waals surface area contributed by atoms with E-state index >= 15 is 0 Å². The third-order valence-electron chi connectivity index (χ3n) is 4.36. The maximum atomic E-state index is 13.0. The second-order valence-electron chi connectivity index (χ2n) is 7.26. The Balaban J connectivity index is 2.30. The highest BCUT2D eigenvalue weighted by molar-refractivity contribution is 6.04. The van der Waals surface area contributed by atoms with Crippen molar-refractivity contribution < 1.29 is 35.9 Å². The molecule has 3 N–H and O–H groups in total. The number of halogens is 6. The fraction of sp³-hybridized carbons (Fsp3) is 0.333. The van der Waals surface area contributed by atoms with Crippen LogP contribution in [0.3, 0.4) is 0 Å². The molecule has 0 atom stereocenters. The quantitative estimate of drug-likeness (QED) is 0.477. The van der Waals surface area contributed by atoms with E-state index in [1.54, 1.807) is 25.1 Å². The van der Waals surface area contributed by atoms with Crippen LogP contribution in [0.4, 0.5) is 48.2 Å². The van der Waals surface area contributed by atoms with Gasteiger partial charge in [0.15, 0.2) is 0 Å². The average Bonchev–Trinajstić information content (AvgIpc) is 2.70. The molecule has 0 aliphatic carbocycles. The van der Waals surface area contributed by atoms with Gasteiger partial charge in [0.05, 0.1) is 16.7 Å². The van der Waals surface area contributed by atoms with Gasteiger partial charge in [0, 0.05) is 37.7 Å². The minimum atomic E-state index is -5.04. The molecule has 2 aromatic carbocycles. The fourth-order valence-electron chi connectivity index (χ4n) is 2.84. The number of nitrogens with zero attached hydrogens (tertiary/aromatic N) is 1. The van der Waals surface area contributed by atoms with Crippen molar-refractivity contribution in [3.05, 3.63) is 53.1 Å². The van der Waals surface area contributed by atoms with Crippen LogP contribution in [0, 0.1) is 0 Å². The highest BCUT2D eigenvalue weighted by atomic mass is 19.4. The van der Waals surface area contributed by atoms with E-state index in [-0.39, 0.29) is 17.3 Å². The number of alkyl halides is 6. The summed E-state index contributed by atoms with van der Waals surface area (Å²) in [7, 11) is 3.41. The van der Waals surface area contributed by atoms with Crippen molar-refractivity contribution >= 4 is 29.0 Å². The summed E-state index contributed by atoms with van der Waals surface area (Å²) in [5.41, 5.74) is -2.93. The Morgan fingerprint density at radius 1 is 0.848 bits per heavy atom. The Hall–Kier alpha value is -3.44. The molecule has 0 spiro atoms. The Morgan fingerprint density at radius 2 is 1.39 bits per heavy atom. The zero-order valence-corrected chi connectivity index (χ0v) is 17.9. The summed E-state index contributed by atoms with van der Waals surface area (Å²) in [6, 6.07) is 4.01. The van der Waals surface area contributed by atoms with Crippen molar-refractivity contribution in [3.8, 4) is 0 Å². The summed E-state index contributed by atoms with van der Waals surface area (Å²) in [6.07, 6.45) is -9.39. The molecule has 0 radical (unpaired) electrons. The molecular weight excluding hydrogens is 454 g/mol. The molecule has 0 aliphatic rings. The molecule has 0 aromatic heterocycles. The van der Waals surface area contributed by atoms with Gasteiger partial charge >= 0.3 is 18.4 Å². The largest absolute Gasteiger partial charge is 0.416 e. The number of hydrogen-bond donors (Lipinski definition) is 3. The first-order valence-electron chi connectivity index (χ1n) is 9.69. The van der Waals surface area contributed by atoms with Crippen LogP contribution >= 0.6 is 0 Å². The number of amides is 3. The summed E-state index contributed by atoms with van der Waals surface area (Å²) in [5.74, 6) is -0.405. The highest BCUT2D eigenvalue weighted by Crippen LogP contribution is 2.37. The van der Waals surface area contributed by atoms with Crippen LogP contribution in [0.5, 0.6) is 0 Å². The van der Waals surface area contributed by atoms with Crippen molar-refractivity contribution in [1.82, 2.24) is 5.32 Å². The van der Waals surface area contributed by atoms with Gasteiger partial charge in [0.25, 0.3) is 5.91 Å². The van der Waals surface area contributed by atoms with Crippen LogP contribution in [0.25, 0.3) is 0 Å². The number of hydrogen-bond acceptors (Lipinski definition) is 3.